The molecule has 0 saturated heterocycles. The molecule has 4 aromatic rings. The van der Waals surface area contributed by atoms with Gasteiger partial charge in [0.15, 0.2) is 17.3 Å². The van der Waals surface area contributed by atoms with E-state index in [-0.39, 0.29) is 5.78 Å². The van der Waals surface area contributed by atoms with E-state index >= 15 is 0 Å². The van der Waals surface area contributed by atoms with Crippen molar-refractivity contribution in [3.05, 3.63) is 63.9 Å². The zero-order valence-corrected chi connectivity index (χ0v) is 18.0. The Morgan fingerprint density at radius 1 is 1.26 bits per heavy atom. The molecule has 0 bridgehead atoms. The lowest BCUT2D eigenvalue weighted by Gasteiger charge is -2.11. The number of methoxy groups -OCH3 is 2. The molecule has 1 atom stereocenters. The molecule has 9 heteroatoms. The monoisotopic (exact) mass is 433 g/mol. The average molecular weight is 433 g/mol. The van der Waals surface area contributed by atoms with Gasteiger partial charge in [-0.3, -0.25) is 4.79 Å². The Balaban J connectivity index is 1.63. The van der Waals surface area contributed by atoms with E-state index < -0.39 is 5.92 Å². The van der Waals surface area contributed by atoms with Gasteiger partial charge >= 0.3 is 0 Å². The first kappa shape index (κ1) is 20.5. The quantitative estimate of drug-likeness (QED) is 0.409. The Labute approximate surface area is 182 Å². The number of rotatable bonds is 7. The third-order valence-electron chi connectivity index (χ3n) is 4.85. The molecule has 8 nitrogen and oxygen atoms in total. The fraction of sp³-hybridized carbons (Fsp3) is 0.227. The van der Waals surface area contributed by atoms with Crippen LogP contribution in [-0.2, 0) is 6.54 Å². The van der Waals surface area contributed by atoms with E-state index in [0.717, 1.165) is 11.3 Å². The van der Waals surface area contributed by atoms with Crippen molar-refractivity contribution in [2.24, 2.45) is 0 Å². The van der Waals surface area contributed by atoms with Crippen LogP contribution in [0, 0.1) is 18.3 Å². The van der Waals surface area contributed by atoms with E-state index in [9.17, 15) is 10.1 Å². The van der Waals surface area contributed by atoms with Gasteiger partial charge in [0, 0.05) is 39.9 Å². The maximum atomic E-state index is 12.9. The van der Waals surface area contributed by atoms with E-state index in [1.807, 2.05) is 30.5 Å². The second kappa shape index (κ2) is 8.53. The van der Waals surface area contributed by atoms with E-state index in [0.29, 0.717) is 39.6 Å². The van der Waals surface area contributed by atoms with Crippen molar-refractivity contribution in [2.75, 3.05) is 14.2 Å². The number of carbonyl (C=O) groups excluding carboxylic acids is 1. The van der Waals surface area contributed by atoms with Crippen LogP contribution in [0.25, 0.3) is 11.0 Å². The molecule has 31 heavy (non-hydrogen) atoms. The summed E-state index contributed by atoms with van der Waals surface area (Å²) in [5.74, 6) is 0.118. The fourth-order valence-electron chi connectivity index (χ4n) is 3.26. The summed E-state index contributed by atoms with van der Waals surface area (Å²) in [6.45, 7) is 2.27. The largest absolute Gasteiger partial charge is 0.497 e. The van der Waals surface area contributed by atoms with E-state index in [1.54, 1.807) is 31.2 Å². The Morgan fingerprint density at radius 3 is 2.77 bits per heavy atom. The van der Waals surface area contributed by atoms with Crippen LogP contribution in [0.15, 0.2) is 42.0 Å². The number of ketones is 1. The number of pyridine rings is 1. The van der Waals surface area contributed by atoms with Crippen molar-refractivity contribution in [2.45, 2.75) is 19.4 Å². The zero-order chi connectivity index (χ0) is 22.0. The molecule has 3 heterocycles. The van der Waals surface area contributed by atoms with Crippen LogP contribution in [0.1, 0.15) is 32.5 Å². The van der Waals surface area contributed by atoms with Gasteiger partial charge in [-0.2, -0.15) is 10.4 Å². The number of nitrogens with zero attached hydrogens (tertiary/aromatic N) is 5. The standard InChI is InChI=1S/C22H19N5O3S/c1-13-12-31-22(26-13)18(8-23)20(28)15-6-16-10-25-27(21(16)24-9-15)11-14-4-5-17(29-2)7-19(14)30-3/h4-7,9-10,12,18H,11H2,1-3H3. The maximum absolute atomic E-state index is 12.9. The van der Waals surface area contributed by atoms with Crippen LogP contribution in [0.3, 0.4) is 0 Å². The van der Waals surface area contributed by atoms with Gasteiger partial charge in [0.25, 0.3) is 0 Å². The van der Waals surface area contributed by atoms with E-state index in [1.165, 1.54) is 17.5 Å². The number of benzene rings is 1. The molecule has 1 unspecified atom stereocenters. The molecule has 1 aromatic carbocycles. The third-order valence-corrected chi connectivity index (χ3v) is 5.88. The number of nitriles is 1. The number of aromatic nitrogens is 4. The Hall–Kier alpha value is -3.77. The van der Waals surface area contributed by atoms with Gasteiger partial charge < -0.3 is 9.47 Å². The minimum atomic E-state index is -0.948. The predicted octanol–water partition coefficient (Wildman–Crippen LogP) is 3.75. The normalized spacial score (nSPS) is 11.8. The highest BCUT2D eigenvalue weighted by molar-refractivity contribution is 7.10. The molecule has 156 valence electrons. The maximum Gasteiger partial charge on any atom is 0.188 e. The molecule has 0 aliphatic heterocycles. The molecule has 0 amide bonds. The van der Waals surface area contributed by atoms with Gasteiger partial charge in [0.2, 0.25) is 0 Å². The highest BCUT2D eigenvalue weighted by atomic mass is 32.1. The molecule has 3 aromatic heterocycles. The molecule has 0 fully saturated rings. The number of hydrogen-bond donors (Lipinski definition) is 0. The highest BCUT2D eigenvalue weighted by Crippen LogP contribution is 2.27. The second-order valence-electron chi connectivity index (χ2n) is 6.87. The first-order chi connectivity index (χ1) is 15.0. The third kappa shape index (κ3) is 3.98. The predicted molar refractivity (Wildman–Crippen MR) is 116 cm³/mol. The summed E-state index contributed by atoms with van der Waals surface area (Å²) in [6.07, 6.45) is 3.14. The Morgan fingerprint density at radius 2 is 2.10 bits per heavy atom. The van der Waals surface area contributed by atoms with E-state index in [4.69, 9.17) is 9.47 Å². The number of Topliss-reactive ketones (excluding diaryl/α,β-unsaturated/α-hetero) is 1. The van der Waals surface area contributed by atoms with Gasteiger partial charge in [-0.1, -0.05) is 0 Å². The molecule has 0 saturated carbocycles. The van der Waals surface area contributed by atoms with Crippen LogP contribution in [0.4, 0.5) is 0 Å². The summed E-state index contributed by atoms with van der Waals surface area (Å²) in [4.78, 5) is 21.7. The molecule has 0 radical (unpaired) electrons. The van der Waals surface area contributed by atoms with Crippen molar-refractivity contribution in [1.82, 2.24) is 19.7 Å². The van der Waals surface area contributed by atoms with Gasteiger partial charge in [-0.25, -0.2) is 14.6 Å². The topological polar surface area (TPSA) is 103 Å². The Kier molecular flexibility index (Phi) is 5.64. The van der Waals surface area contributed by atoms with E-state index in [2.05, 4.69) is 21.1 Å². The number of hydrogen-bond acceptors (Lipinski definition) is 8. The molecular formula is C22H19N5O3S. The molecule has 0 aliphatic carbocycles. The summed E-state index contributed by atoms with van der Waals surface area (Å²) in [6, 6.07) is 9.36. The first-order valence-electron chi connectivity index (χ1n) is 9.42. The molecule has 0 aliphatic rings. The number of fused-ring (bicyclic) bond motifs is 1. The SMILES string of the molecule is COc1ccc(Cn2ncc3cc(C(=O)C(C#N)c4nc(C)cs4)cnc32)c(OC)c1. The van der Waals surface area contributed by atoms with Gasteiger partial charge in [-0.05, 0) is 25.1 Å². The smallest absolute Gasteiger partial charge is 0.188 e. The summed E-state index contributed by atoms with van der Waals surface area (Å²) in [5.41, 5.74) is 2.69. The Bertz CT molecular complexity index is 1300. The van der Waals surface area contributed by atoms with Crippen molar-refractivity contribution in [1.29, 1.82) is 5.26 Å². The van der Waals surface area contributed by atoms with Crippen molar-refractivity contribution < 1.29 is 14.3 Å². The first-order valence-corrected chi connectivity index (χ1v) is 10.3. The van der Waals surface area contributed by atoms with Crippen LogP contribution in [0.5, 0.6) is 11.5 Å². The number of carbonyl (C=O) groups is 1. The lowest BCUT2D eigenvalue weighted by molar-refractivity contribution is 0.0978. The minimum absolute atomic E-state index is 0.323. The van der Waals surface area contributed by atoms with Crippen molar-refractivity contribution >= 4 is 28.2 Å². The minimum Gasteiger partial charge on any atom is -0.497 e. The zero-order valence-electron chi connectivity index (χ0n) is 17.2. The molecule has 0 N–H and O–H groups in total. The van der Waals surface area contributed by atoms with Gasteiger partial charge in [-0.15, -0.1) is 11.3 Å². The number of thiazole rings is 1. The number of ether oxygens (including phenoxy) is 2. The summed E-state index contributed by atoms with van der Waals surface area (Å²) < 4.78 is 12.4. The lowest BCUT2D eigenvalue weighted by Crippen LogP contribution is -2.12. The van der Waals surface area contributed by atoms with Crippen molar-refractivity contribution in [3.63, 3.8) is 0 Å². The van der Waals surface area contributed by atoms with Gasteiger partial charge in [0.1, 0.15) is 16.5 Å². The van der Waals surface area contributed by atoms with Crippen molar-refractivity contribution in [3.8, 4) is 17.6 Å². The summed E-state index contributed by atoms with van der Waals surface area (Å²) in [7, 11) is 3.20. The van der Waals surface area contributed by atoms with Crippen LogP contribution < -0.4 is 9.47 Å². The molecular weight excluding hydrogens is 414 g/mol. The average Bonchev–Trinajstić information content (AvgIpc) is 3.40. The van der Waals surface area contributed by atoms with Crippen LogP contribution >= 0.6 is 11.3 Å². The highest BCUT2D eigenvalue weighted by Gasteiger charge is 2.25. The summed E-state index contributed by atoms with van der Waals surface area (Å²) in [5, 5.41) is 17.0. The van der Waals surface area contributed by atoms with Crippen LogP contribution in [-0.4, -0.2) is 39.8 Å². The fourth-order valence-corrected chi connectivity index (χ4v) is 4.10. The summed E-state index contributed by atoms with van der Waals surface area (Å²) >= 11 is 1.31. The molecule has 0 spiro atoms. The lowest BCUT2D eigenvalue weighted by atomic mass is 10.0. The molecule has 4 rings (SSSR count). The number of aryl methyl sites for hydroxylation is 1. The van der Waals surface area contributed by atoms with Crippen LogP contribution in [0.2, 0.25) is 0 Å². The second-order valence-corrected chi connectivity index (χ2v) is 7.76. The van der Waals surface area contributed by atoms with Gasteiger partial charge in [0.05, 0.1) is 33.0 Å².